The molecule has 1 N–H and O–H groups in total. The SMILES string of the molecule is COc1ccccc1OCC(=O)NCc1cccc(Cn2cccn2)c1. The van der Waals surface area contributed by atoms with Crippen molar-refractivity contribution < 1.29 is 14.3 Å². The minimum atomic E-state index is -0.187. The third-order valence-corrected chi connectivity index (χ3v) is 3.81. The number of hydrogen-bond donors (Lipinski definition) is 1. The molecule has 6 nitrogen and oxygen atoms in total. The lowest BCUT2D eigenvalue weighted by molar-refractivity contribution is -0.123. The molecule has 1 amide bonds. The van der Waals surface area contributed by atoms with Crippen LogP contribution in [-0.4, -0.2) is 29.4 Å². The highest BCUT2D eigenvalue weighted by Gasteiger charge is 2.07. The van der Waals surface area contributed by atoms with Crippen molar-refractivity contribution in [1.29, 1.82) is 0 Å². The Kier molecular flexibility index (Phi) is 5.88. The molecule has 0 bridgehead atoms. The van der Waals surface area contributed by atoms with Crippen molar-refractivity contribution in [3.8, 4) is 11.5 Å². The summed E-state index contributed by atoms with van der Waals surface area (Å²) in [4.78, 5) is 12.0. The van der Waals surface area contributed by atoms with Crippen LogP contribution in [0, 0.1) is 0 Å². The molecule has 6 heteroatoms. The van der Waals surface area contributed by atoms with Crippen LogP contribution in [0.25, 0.3) is 0 Å². The summed E-state index contributed by atoms with van der Waals surface area (Å²) in [6.07, 6.45) is 3.68. The number of amides is 1. The van der Waals surface area contributed by atoms with Crippen LogP contribution in [0.2, 0.25) is 0 Å². The van der Waals surface area contributed by atoms with Crippen molar-refractivity contribution >= 4 is 5.91 Å². The molecule has 0 radical (unpaired) electrons. The Balaban J connectivity index is 1.50. The first-order chi connectivity index (χ1) is 12.7. The second-order valence-electron chi connectivity index (χ2n) is 5.74. The van der Waals surface area contributed by atoms with Gasteiger partial charge >= 0.3 is 0 Å². The molecular formula is C20H21N3O3. The fourth-order valence-corrected chi connectivity index (χ4v) is 2.55. The maximum Gasteiger partial charge on any atom is 0.258 e. The molecule has 0 saturated heterocycles. The molecule has 0 spiro atoms. The van der Waals surface area contributed by atoms with Gasteiger partial charge in [-0.15, -0.1) is 0 Å². The van der Waals surface area contributed by atoms with Crippen LogP contribution < -0.4 is 14.8 Å². The van der Waals surface area contributed by atoms with E-state index in [1.54, 1.807) is 25.4 Å². The lowest BCUT2D eigenvalue weighted by atomic mass is 10.1. The normalized spacial score (nSPS) is 10.3. The number of ether oxygens (including phenoxy) is 2. The van der Waals surface area contributed by atoms with Crippen LogP contribution in [0.3, 0.4) is 0 Å². The molecule has 3 rings (SSSR count). The van der Waals surface area contributed by atoms with Crippen LogP contribution in [0.1, 0.15) is 11.1 Å². The van der Waals surface area contributed by atoms with Gasteiger partial charge in [0.2, 0.25) is 0 Å². The zero-order valence-corrected chi connectivity index (χ0v) is 14.6. The van der Waals surface area contributed by atoms with Crippen LogP contribution in [0.4, 0.5) is 0 Å². The summed E-state index contributed by atoms with van der Waals surface area (Å²) in [5, 5.41) is 7.07. The van der Waals surface area contributed by atoms with E-state index in [1.807, 2.05) is 47.3 Å². The van der Waals surface area contributed by atoms with Crippen LogP contribution in [0.5, 0.6) is 11.5 Å². The topological polar surface area (TPSA) is 65.4 Å². The molecule has 0 fully saturated rings. The third kappa shape index (κ3) is 4.86. The summed E-state index contributed by atoms with van der Waals surface area (Å²) in [6.45, 7) is 1.08. The average molecular weight is 351 g/mol. The molecule has 0 unspecified atom stereocenters. The Morgan fingerprint density at radius 1 is 1.08 bits per heavy atom. The molecule has 0 atom stereocenters. The number of nitrogens with one attached hydrogen (secondary N) is 1. The van der Waals surface area contributed by atoms with Crippen LogP contribution in [0.15, 0.2) is 67.0 Å². The van der Waals surface area contributed by atoms with Crippen LogP contribution >= 0.6 is 0 Å². The van der Waals surface area contributed by atoms with E-state index in [1.165, 1.54) is 0 Å². The fourth-order valence-electron chi connectivity index (χ4n) is 2.55. The van der Waals surface area contributed by atoms with E-state index in [2.05, 4.69) is 16.5 Å². The maximum atomic E-state index is 12.0. The van der Waals surface area contributed by atoms with Gasteiger partial charge in [0.1, 0.15) is 0 Å². The lowest BCUT2D eigenvalue weighted by Crippen LogP contribution is -2.28. The number of aromatic nitrogens is 2. The van der Waals surface area contributed by atoms with Gasteiger partial charge in [-0.25, -0.2) is 0 Å². The van der Waals surface area contributed by atoms with Gasteiger partial charge in [-0.3, -0.25) is 9.48 Å². The Hall–Kier alpha value is -3.28. The zero-order valence-electron chi connectivity index (χ0n) is 14.6. The highest BCUT2D eigenvalue weighted by Crippen LogP contribution is 2.25. The van der Waals surface area contributed by atoms with Gasteiger partial charge in [-0.2, -0.15) is 5.10 Å². The molecule has 3 aromatic rings. The van der Waals surface area contributed by atoms with Gasteiger partial charge in [0.15, 0.2) is 18.1 Å². The largest absolute Gasteiger partial charge is 0.493 e. The molecule has 26 heavy (non-hydrogen) atoms. The summed E-state index contributed by atoms with van der Waals surface area (Å²) in [6, 6.07) is 17.2. The number of carbonyl (C=O) groups excluding carboxylic acids is 1. The van der Waals surface area contributed by atoms with Crippen LogP contribution in [-0.2, 0) is 17.9 Å². The number of hydrogen-bond acceptors (Lipinski definition) is 4. The molecule has 134 valence electrons. The fraction of sp³-hybridized carbons (Fsp3) is 0.200. The van der Waals surface area contributed by atoms with E-state index in [0.717, 1.165) is 11.1 Å². The van der Waals surface area contributed by atoms with E-state index >= 15 is 0 Å². The Labute approximate surface area is 152 Å². The van der Waals surface area contributed by atoms with E-state index in [0.29, 0.717) is 24.6 Å². The van der Waals surface area contributed by atoms with E-state index in [-0.39, 0.29) is 12.5 Å². The lowest BCUT2D eigenvalue weighted by Gasteiger charge is -2.11. The predicted molar refractivity (Wildman–Crippen MR) is 98.1 cm³/mol. The van der Waals surface area contributed by atoms with E-state index in [9.17, 15) is 4.79 Å². The van der Waals surface area contributed by atoms with E-state index < -0.39 is 0 Å². The number of methoxy groups -OCH3 is 1. The van der Waals surface area contributed by atoms with E-state index in [4.69, 9.17) is 9.47 Å². The Bertz CT molecular complexity index is 847. The number of benzene rings is 2. The molecular weight excluding hydrogens is 330 g/mol. The smallest absolute Gasteiger partial charge is 0.258 e. The van der Waals surface area contributed by atoms with Crippen molar-refractivity contribution in [2.24, 2.45) is 0 Å². The zero-order chi connectivity index (χ0) is 18.2. The quantitative estimate of drug-likeness (QED) is 0.678. The summed E-state index contributed by atoms with van der Waals surface area (Å²) >= 11 is 0. The molecule has 0 saturated carbocycles. The first-order valence-corrected chi connectivity index (χ1v) is 8.32. The summed E-state index contributed by atoms with van der Waals surface area (Å²) < 4.78 is 12.6. The van der Waals surface area contributed by atoms with Gasteiger partial charge in [0.25, 0.3) is 5.91 Å². The second kappa shape index (κ2) is 8.71. The standard InChI is InChI=1S/C20H21N3O3/c1-25-18-8-2-3-9-19(18)26-15-20(24)21-13-16-6-4-7-17(12-16)14-23-11-5-10-22-23/h2-12H,13-15H2,1H3,(H,21,24). The molecule has 1 aromatic heterocycles. The van der Waals surface area contributed by atoms with Gasteiger partial charge in [0.05, 0.1) is 13.7 Å². The van der Waals surface area contributed by atoms with Crippen molar-refractivity contribution in [2.75, 3.05) is 13.7 Å². The first kappa shape index (κ1) is 17.5. The minimum Gasteiger partial charge on any atom is -0.493 e. The second-order valence-corrected chi connectivity index (χ2v) is 5.74. The molecule has 1 heterocycles. The van der Waals surface area contributed by atoms with Gasteiger partial charge in [-0.1, -0.05) is 36.4 Å². The van der Waals surface area contributed by atoms with Gasteiger partial charge in [0, 0.05) is 18.9 Å². The summed E-state index contributed by atoms with van der Waals surface area (Å²) in [5.41, 5.74) is 2.16. The average Bonchev–Trinajstić information content (AvgIpc) is 3.18. The van der Waals surface area contributed by atoms with Gasteiger partial charge in [-0.05, 0) is 29.3 Å². The summed E-state index contributed by atoms with van der Waals surface area (Å²) in [5.74, 6) is 0.964. The van der Waals surface area contributed by atoms with Gasteiger partial charge < -0.3 is 14.8 Å². The maximum absolute atomic E-state index is 12.0. The summed E-state index contributed by atoms with van der Waals surface area (Å²) in [7, 11) is 1.57. The third-order valence-electron chi connectivity index (χ3n) is 3.81. The number of nitrogens with zero attached hydrogens (tertiary/aromatic N) is 2. The predicted octanol–water partition coefficient (Wildman–Crippen LogP) is 2.64. The van der Waals surface area contributed by atoms with Crippen molar-refractivity contribution in [1.82, 2.24) is 15.1 Å². The minimum absolute atomic E-state index is 0.0622. The molecule has 0 aliphatic rings. The van der Waals surface area contributed by atoms with Crippen molar-refractivity contribution in [3.63, 3.8) is 0 Å². The number of rotatable bonds is 8. The highest BCUT2D eigenvalue weighted by molar-refractivity contribution is 5.77. The molecule has 0 aliphatic heterocycles. The Morgan fingerprint density at radius 3 is 2.65 bits per heavy atom. The highest BCUT2D eigenvalue weighted by atomic mass is 16.5. The molecule has 0 aliphatic carbocycles. The molecule has 2 aromatic carbocycles. The number of para-hydroxylation sites is 2. The number of carbonyl (C=O) groups is 1. The van der Waals surface area contributed by atoms with Crippen molar-refractivity contribution in [2.45, 2.75) is 13.1 Å². The van der Waals surface area contributed by atoms with Crippen molar-refractivity contribution in [3.05, 3.63) is 78.1 Å². The first-order valence-electron chi connectivity index (χ1n) is 8.32. The Morgan fingerprint density at radius 2 is 1.88 bits per heavy atom. The monoisotopic (exact) mass is 351 g/mol.